The largest absolute Gasteiger partial charge is 0.379 e. The van der Waals surface area contributed by atoms with Crippen molar-refractivity contribution in [2.24, 2.45) is 5.92 Å². The van der Waals surface area contributed by atoms with Gasteiger partial charge in [0.15, 0.2) is 0 Å². The van der Waals surface area contributed by atoms with Crippen molar-refractivity contribution in [2.45, 2.75) is 51.1 Å². The summed E-state index contributed by atoms with van der Waals surface area (Å²) in [5.74, 6) is -0.0823. The Balaban J connectivity index is 1.19. The number of aryl methyl sites for hydroxylation is 1. The number of hydrogen-bond acceptors (Lipinski definition) is 6. The number of benzene rings is 2. The van der Waals surface area contributed by atoms with Crippen LogP contribution < -0.4 is 20.7 Å². The predicted octanol–water partition coefficient (Wildman–Crippen LogP) is 4.25. The molecule has 3 atom stereocenters. The highest BCUT2D eigenvalue weighted by atomic mass is 19.1. The molecule has 5 heterocycles. The van der Waals surface area contributed by atoms with Crippen molar-refractivity contribution in [3.8, 4) is 0 Å². The molecular formula is C35H40FN5O4. The maximum absolute atomic E-state index is 14.1. The lowest BCUT2D eigenvalue weighted by atomic mass is 9.83. The third kappa shape index (κ3) is 6.01. The van der Waals surface area contributed by atoms with Gasteiger partial charge in [-0.25, -0.2) is 4.39 Å². The molecule has 0 saturated carbocycles. The molecule has 2 saturated heterocycles. The van der Waals surface area contributed by atoms with Gasteiger partial charge in [-0.2, -0.15) is 0 Å². The molecule has 3 unspecified atom stereocenters. The van der Waals surface area contributed by atoms with Gasteiger partial charge in [0.2, 0.25) is 5.91 Å². The van der Waals surface area contributed by atoms with Gasteiger partial charge in [-0.1, -0.05) is 6.07 Å². The molecule has 9 nitrogen and oxygen atoms in total. The molecule has 2 amide bonds. The molecule has 1 aromatic heterocycles. The lowest BCUT2D eigenvalue weighted by Gasteiger charge is -2.44. The van der Waals surface area contributed by atoms with E-state index in [-0.39, 0.29) is 35.2 Å². The second-order valence-corrected chi connectivity index (χ2v) is 12.9. The lowest BCUT2D eigenvalue weighted by Crippen LogP contribution is -2.47. The highest BCUT2D eigenvalue weighted by Gasteiger charge is 2.36. The Morgan fingerprint density at radius 3 is 2.67 bits per heavy atom. The average Bonchev–Trinajstić information content (AvgIpc) is 3.04. The van der Waals surface area contributed by atoms with Crippen LogP contribution in [0.25, 0.3) is 0 Å². The van der Waals surface area contributed by atoms with Crippen LogP contribution in [0.2, 0.25) is 0 Å². The summed E-state index contributed by atoms with van der Waals surface area (Å²) < 4.78 is 21.4. The van der Waals surface area contributed by atoms with E-state index in [0.29, 0.717) is 62.9 Å². The Kier molecular flexibility index (Phi) is 8.18. The van der Waals surface area contributed by atoms with E-state index in [4.69, 9.17) is 4.74 Å². The Labute approximate surface area is 262 Å². The Morgan fingerprint density at radius 2 is 1.82 bits per heavy atom. The number of nitrogens with one attached hydrogen (secondary N) is 1. The summed E-state index contributed by atoms with van der Waals surface area (Å²) in [5, 5.41) is 3.16. The molecule has 0 aliphatic carbocycles. The van der Waals surface area contributed by atoms with Gasteiger partial charge in [0.25, 0.3) is 11.5 Å². The van der Waals surface area contributed by atoms with Crippen LogP contribution in [0.3, 0.4) is 0 Å². The molecule has 1 N–H and O–H groups in total. The zero-order valence-corrected chi connectivity index (χ0v) is 25.7. The minimum atomic E-state index is -0.305. The summed E-state index contributed by atoms with van der Waals surface area (Å²) in [4.78, 5) is 46.3. The van der Waals surface area contributed by atoms with Crippen molar-refractivity contribution in [2.75, 3.05) is 61.1 Å². The normalized spacial score (nSPS) is 22.8. The molecule has 3 aromatic rings. The third-order valence-corrected chi connectivity index (χ3v) is 9.89. The Morgan fingerprint density at radius 1 is 1.00 bits per heavy atom. The zero-order chi connectivity index (χ0) is 31.1. The van der Waals surface area contributed by atoms with Crippen molar-refractivity contribution in [3.05, 3.63) is 87.6 Å². The Hall–Kier alpha value is -4.02. The van der Waals surface area contributed by atoms with Crippen LogP contribution in [-0.2, 0) is 22.5 Å². The molecular weight excluding hydrogens is 573 g/mol. The third-order valence-electron chi connectivity index (χ3n) is 9.89. The maximum Gasteiger partial charge on any atom is 0.258 e. The second-order valence-electron chi connectivity index (χ2n) is 12.9. The highest BCUT2D eigenvalue weighted by Crippen LogP contribution is 2.40. The maximum atomic E-state index is 14.1. The first-order valence-corrected chi connectivity index (χ1v) is 16.1. The van der Waals surface area contributed by atoms with Crippen molar-refractivity contribution in [1.82, 2.24) is 9.47 Å². The number of ether oxygens (including phenoxy) is 1. The first kappa shape index (κ1) is 29.7. The minimum Gasteiger partial charge on any atom is -0.379 e. The lowest BCUT2D eigenvalue weighted by molar-refractivity contribution is -0.116. The van der Waals surface area contributed by atoms with E-state index in [1.165, 1.54) is 12.1 Å². The molecule has 10 heteroatoms. The topological polar surface area (TPSA) is 87.1 Å². The summed E-state index contributed by atoms with van der Waals surface area (Å²) >= 11 is 0. The molecule has 0 spiro atoms. The summed E-state index contributed by atoms with van der Waals surface area (Å²) in [6.45, 7) is 7.76. The number of rotatable bonds is 6. The number of anilines is 3. The van der Waals surface area contributed by atoms with E-state index in [1.54, 1.807) is 23.1 Å². The number of pyridine rings is 1. The zero-order valence-electron chi connectivity index (χ0n) is 25.7. The molecule has 236 valence electrons. The number of piperidine rings is 1. The smallest absolute Gasteiger partial charge is 0.258 e. The summed E-state index contributed by atoms with van der Waals surface area (Å²) in [7, 11) is 0. The molecule has 45 heavy (non-hydrogen) atoms. The monoisotopic (exact) mass is 613 g/mol. The van der Waals surface area contributed by atoms with Gasteiger partial charge in [-0.3, -0.25) is 19.3 Å². The molecule has 4 aliphatic rings. The van der Waals surface area contributed by atoms with Crippen LogP contribution in [0.5, 0.6) is 0 Å². The van der Waals surface area contributed by atoms with E-state index < -0.39 is 0 Å². The van der Waals surface area contributed by atoms with Gasteiger partial charge in [0, 0.05) is 80.7 Å². The van der Waals surface area contributed by atoms with Crippen LogP contribution in [0.1, 0.15) is 53.7 Å². The van der Waals surface area contributed by atoms with E-state index >= 15 is 0 Å². The number of carbonyl (C=O) groups is 2. The van der Waals surface area contributed by atoms with Gasteiger partial charge < -0.3 is 24.4 Å². The molecule has 0 radical (unpaired) electrons. The first-order chi connectivity index (χ1) is 21.8. The van der Waals surface area contributed by atoms with Crippen molar-refractivity contribution in [3.63, 3.8) is 0 Å². The molecule has 2 aromatic carbocycles. The van der Waals surface area contributed by atoms with Gasteiger partial charge in [0.1, 0.15) is 5.82 Å². The number of halogens is 1. The molecule has 4 aliphatic heterocycles. The number of hydrogen-bond donors (Lipinski definition) is 1. The quantitative estimate of drug-likeness (QED) is 0.448. The summed E-state index contributed by atoms with van der Waals surface area (Å²) in [5.41, 5.74) is 4.63. The number of fused-ring (bicyclic) bond motifs is 5. The average molecular weight is 614 g/mol. The van der Waals surface area contributed by atoms with Gasteiger partial charge in [-0.15, -0.1) is 0 Å². The predicted molar refractivity (Wildman–Crippen MR) is 172 cm³/mol. The second kappa shape index (κ2) is 12.4. The van der Waals surface area contributed by atoms with E-state index in [0.717, 1.165) is 55.1 Å². The number of aromatic nitrogens is 1. The van der Waals surface area contributed by atoms with Crippen molar-refractivity contribution < 1.29 is 18.7 Å². The van der Waals surface area contributed by atoms with Gasteiger partial charge >= 0.3 is 0 Å². The number of amides is 2. The number of nitrogens with zero attached hydrogens (tertiary/aromatic N) is 4. The molecule has 2 bridgehead atoms. The van der Waals surface area contributed by atoms with Crippen LogP contribution >= 0.6 is 0 Å². The van der Waals surface area contributed by atoms with Crippen molar-refractivity contribution >= 4 is 28.9 Å². The molecule has 2 fully saturated rings. The minimum absolute atomic E-state index is 0.0444. The van der Waals surface area contributed by atoms with Gasteiger partial charge in [-0.05, 0) is 80.1 Å². The van der Waals surface area contributed by atoms with Crippen LogP contribution in [0.15, 0.2) is 59.4 Å². The summed E-state index contributed by atoms with van der Waals surface area (Å²) in [6, 6.07) is 15.7. The first-order valence-electron chi connectivity index (χ1n) is 16.1. The Bertz CT molecular complexity index is 1670. The van der Waals surface area contributed by atoms with Crippen molar-refractivity contribution in [1.29, 1.82) is 0 Å². The van der Waals surface area contributed by atoms with Gasteiger partial charge in [0.05, 0.1) is 24.6 Å². The SMILES string of the molecule is CC1CCc2cc(F)ccc2N1C(=O)c1ccc(N2CC3CC(C2)c2cccc(=O)n2C3)c(NC(=O)CCN2CCOCC2)c1. The highest BCUT2D eigenvalue weighted by molar-refractivity contribution is 6.09. The number of morpholine rings is 1. The van der Waals surface area contributed by atoms with Crippen LogP contribution in [-0.4, -0.2) is 73.3 Å². The van der Waals surface area contributed by atoms with Crippen LogP contribution in [0.4, 0.5) is 21.5 Å². The fourth-order valence-corrected chi connectivity index (χ4v) is 7.60. The standard InChI is InChI=1S/C35H40FN5O4/c1-23-5-6-25-18-28(36)8-10-31(25)41(23)35(44)26-7-9-32(29(19-26)37-33(42)11-12-38-13-15-45-16-14-38)39-20-24-17-27(22-39)30-3-2-4-34(43)40(30)21-24/h2-4,7-10,18-19,23-24,27H,5-6,11-17,20-22H2,1H3,(H,37,42). The number of carbonyl (C=O) groups excluding carboxylic acids is 2. The van der Waals surface area contributed by atoms with E-state index in [1.807, 2.05) is 35.8 Å². The van der Waals surface area contributed by atoms with Crippen LogP contribution in [0, 0.1) is 11.7 Å². The summed E-state index contributed by atoms with van der Waals surface area (Å²) in [6.07, 6.45) is 2.81. The van der Waals surface area contributed by atoms with E-state index in [9.17, 15) is 18.8 Å². The fourth-order valence-electron chi connectivity index (χ4n) is 7.60. The fraction of sp³-hybridized carbons (Fsp3) is 0.457. The van der Waals surface area contributed by atoms with E-state index in [2.05, 4.69) is 15.1 Å². The molecule has 7 rings (SSSR count).